The summed E-state index contributed by atoms with van der Waals surface area (Å²) in [4.78, 5) is 0. The zero-order chi connectivity index (χ0) is 14.8. The first-order valence-corrected chi connectivity index (χ1v) is 8.34. The summed E-state index contributed by atoms with van der Waals surface area (Å²) in [6.07, 6.45) is 4.98. The van der Waals surface area contributed by atoms with Gasteiger partial charge in [-0.2, -0.15) is 0 Å². The highest BCUT2D eigenvalue weighted by Crippen LogP contribution is 2.29. The van der Waals surface area contributed by atoms with Crippen LogP contribution in [0.5, 0.6) is 0 Å². The van der Waals surface area contributed by atoms with Gasteiger partial charge in [-0.25, -0.2) is 0 Å². The lowest BCUT2D eigenvalue weighted by molar-refractivity contribution is 0.318. The maximum Gasteiger partial charge on any atom is 0.0377 e. The Kier molecular flexibility index (Phi) is 5.09. The molecule has 0 amide bonds. The first-order chi connectivity index (χ1) is 9.37. The molecular formula is C18H26BrN. The van der Waals surface area contributed by atoms with Gasteiger partial charge in [-0.05, 0) is 69.7 Å². The molecule has 1 nitrogen and oxygen atoms in total. The van der Waals surface area contributed by atoms with Crippen LogP contribution in [0.1, 0.15) is 46.1 Å². The van der Waals surface area contributed by atoms with Crippen LogP contribution >= 0.6 is 15.9 Å². The van der Waals surface area contributed by atoms with E-state index in [0.29, 0.717) is 0 Å². The number of halogens is 1. The van der Waals surface area contributed by atoms with Crippen molar-refractivity contribution in [2.24, 2.45) is 11.8 Å². The van der Waals surface area contributed by atoms with E-state index in [-0.39, 0.29) is 5.54 Å². The Balaban J connectivity index is 1.95. The van der Waals surface area contributed by atoms with Gasteiger partial charge in [-0.1, -0.05) is 46.6 Å². The fourth-order valence-electron chi connectivity index (χ4n) is 3.21. The van der Waals surface area contributed by atoms with Gasteiger partial charge in [0.2, 0.25) is 0 Å². The van der Waals surface area contributed by atoms with E-state index < -0.39 is 0 Å². The minimum atomic E-state index is 0.0268. The van der Waals surface area contributed by atoms with Crippen molar-refractivity contribution in [3.63, 3.8) is 0 Å². The molecule has 1 aliphatic rings. The highest BCUT2D eigenvalue weighted by molar-refractivity contribution is 9.10. The van der Waals surface area contributed by atoms with Gasteiger partial charge in [0.25, 0.3) is 0 Å². The molecule has 110 valence electrons. The van der Waals surface area contributed by atoms with Crippen LogP contribution in [0.2, 0.25) is 0 Å². The molecule has 0 fully saturated rings. The van der Waals surface area contributed by atoms with Gasteiger partial charge in [-0.15, -0.1) is 0 Å². The Bertz CT molecular complexity index is 473. The van der Waals surface area contributed by atoms with E-state index in [1.165, 1.54) is 18.4 Å². The Morgan fingerprint density at radius 3 is 2.50 bits per heavy atom. The quantitative estimate of drug-likeness (QED) is 0.739. The number of nitrogens with one attached hydrogen (secondary N) is 1. The van der Waals surface area contributed by atoms with Crippen molar-refractivity contribution >= 4 is 15.9 Å². The lowest BCUT2D eigenvalue weighted by Crippen LogP contribution is -2.40. The molecule has 2 heteroatoms. The summed E-state index contributed by atoms with van der Waals surface area (Å²) in [6.45, 7) is 10.2. The third-order valence-electron chi connectivity index (χ3n) is 4.28. The smallest absolute Gasteiger partial charge is 0.0377 e. The number of benzene rings is 1. The van der Waals surface area contributed by atoms with E-state index in [1.54, 1.807) is 5.57 Å². The van der Waals surface area contributed by atoms with Crippen LogP contribution in [0.4, 0.5) is 0 Å². The Morgan fingerprint density at radius 2 is 1.90 bits per heavy atom. The van der Waals surface area contributed by atoms with Gasteiger partial charge in [0, 0.05) is 10.0 Å². The first kappa shape index (κ1) is 15.8. The molecule has 20 heavy (non-hydrogen) atoms. The van der Waals surface area contributed by atoms with E-state index in [1.807, 2.05) is 0 Å². The SMILES string of the molecule is CC1=CC(C)CC(CNC(C)(C)c2ccc(Br)cc2)C1. The van der Waals surface area contributed by atoms with Gasteiger partial charge < -0.3 is 5.32 Å². The Hall–Kier alpha value is -0.600. The molecule has 1 N–H and O–H groups in total. The molecule has 1 aliphatic carbocycles. The molecular weight excluding hydrogens is 310 g/mol. The third kappa shape index (κ3) is 4.20. The van der Waals surface area contributed by atoms with E-state index in [4.69, 9.17) is 0 Å². The number of hydrogen-bond acceptors (Lipinski definition) is 1. The van der Waals surface area contributed by atoms with Gasteiger partial charge in [-0.3, -0.25) is 0 Å². The second-order valence-electron chi connectivity index (χ2n) is 6.81. The molecule has 2 unspecified atom stereocenters. The van der Waals surface area contributed by atoms with Gasteiger partial charge in [0.15, 0.2) is 0 Å². The van der Waals surface area contributed by atoms with E-state index in [2.05, 4.69) is 79.3 Å². The minimum absolute atomic E-state index is 0.0268. The zero-order valence-electron chi connectivity index (χ0n) is 13.0. The zero-order valence-corrected chi connectivity index (χ0v) is 14.6. The third-order valence-corrected chi connectivity index (χ3v) is 4.81. The molecule has 2 atom stereocenters. The summed E-state index contributed by atoms with van der Waals surface area (Å²) in [5.41, 5.74) is 2.92. The summed E-state index contributed by atoms with van der Waals surface area (Å²) >= 11 is 3.50. The summed E-state index contributed by atoms with van der Waals surface area (Å²) in [7, 11) is 0. The summed E-state index contributed by atoms with van der Waals surface area (Å²) in [6, 6.07) is 8.64. The predicted molar refractivity (Wildman–Crippen MR) is 90.8 cm³/mol. The Morgan fingerprint density at radius 1 is 1.25 bits per heavy atom. The molecule has 0 aliphatic heterocycles. The van der Waals surface area contributed by atoms with Crippen LogP contribution in [0.3, 0.4) is 0 Å². The summed E-state index contributed by atoms with van der Waals surface area (Å²) in [5.74, 6) is 1.50. The maximum absolute atomic E-state index is 3.76. The van der Waals surface area contributed by atoms with Crippen LogP contribution < -0.4 is 5.32 Å². The molecule has 2 rings (SSSR count). The topological polar surface area (TPSA) is 12.0 Å². The van der Waals surface area contributed by atoms with Crippen LogP contribution in [-0.4, -0.2) is 6.54 Å². The van der Waals surface area contributed by atoms with Crippen molar-refractivity contribution in [3.8, 4) is 0 Å². The molecule has 0 aromatic heterocycles. The minimum Gasteiger partial charge on any atom is -0.308 e. The average molecular weight is 336 g/mol. The van der Waals surface area contributed by atoms with E-state index in [0.717, 1.165) is 22.9 Å². The van der Waals surface area contributed by atoms with E-state index in [9.17, 15) is 0 Å². The first-order valence-electron chi connectivity index (χ1n) is 7.55. The second kappa shape index (κ2) is 6.44. The van der Waals surface area contributed by atoms with Gasteiger partial charge in [0.1, 0.15) is 0 Å². The highest BCUT2D eigenvalue weighted by atomic mass is 79.9. The van der Waals surface area contributed by atoms with Crippen molar-refractivity contribution in [1.82, 2.24) is 5.32 Å². The van der Waals surface area contributed by atoms with Crippen LogP contribution in [0.25, 0.3) is 0 Å². The summed E-state index contributed by atoms with van der Waals surface area (Å²) < 4.78 is 1.14. The molecule has 0 bridgehead atoms. The summed E-state index contributed by atoms with van der Waals surface area (Å²) in [5, 5.41) is 3.76. The van der Waals surface area contributed by atoms with Crippen LogP contribution in [-0.2, 0) is 5.54 Å². The van der Waals surface area contributed by atoms with Crippen molar-refractivity contribution in [1.29, 1.82) is 0 Å². The van der Waals surface area contributed by atoms with Crippen molar-refractivity contribution < 1.29 is 0 Å². The maximum atomic E-state index is 3.76. The van der Waals surface area contributed by atoms with E-state index >= 15 is 0 Å². The molecule has 0 spiro atoms. The van der Waals surface area contributed by atoms with Crippen LogP contribution in [0, 0.1) is 11.8 Å². The van der Waals surface area contributed by atoms with Crippen LogP contribution in [0.15, 0.2) is 40.4 Å². The molecule has 0 saturated heterocycles. The highest BCUT2D eigenvalue weighted by Gasteiger charge is 2.23. The predicted octanol–water partition coefficient (Wildman–Crippen LogP) is 5.27. The van der Waals surface area contributed by atoms with Crippen molar-refractivity contribution in [2.45, 2.75) is 46.1 Å². The van der Waals surface area contributed by atoms with Gasteiger partial charge in [0.05, 0.1) is 0 Å². The lowest BCUT2D eigenvalue weighted by atomic mass is 9.83. The van der Waals surface area contributed by atoms with Crippen molar-refractivity contribution in [2.75, 3.05) is 6.54 Å². The lowest BCUT2D eigenvalue weighted by Gasteiger charge is -2.32. The number of hydrogen-bond donors (Lipinski definition) is 1. The molecule has 0 radical (unpaired) electrons. The molecule has 1 aromatic rings. The average Bonchev–Trinajstić information content (AvgIpc) is 2.36. The monoisotopic (exact) mass is 335 g/mol. The standard InChI is InChI=1S/C18H26BrN/c1-13-9-14(2)11-15(10-13)12-20-18(3,4)16-5-7-17(19)8-6-16/h5-9,13,15,20H,10-12H2,1-4H3. The fraction of sp³-hybridized carbons (Fsp3) is 0.556. The Labute approximate surface area is 132 Å². The normalized spacial score (nSPS) is 23.6. The second-order valence-corrected chi connectivity index (χ2v) is 7.72. The molecule has 0 saturated carbocycles. The van der Waals surface area contributed by atoms with Crippen molar-refractivity contribution in [3.05, 3.63) is 46.0 Å². The molecule has 1 aromatic carbocycles. The fourth-order valence-corrected chi connectivity index (χ4v) is 3.47. The number of rotatable bonds is 4. The molecule has 0 heterocycles. The van der Waals surface area contributed by atoms with Gasteiger partial charge >= 0.3 is 0 Å². The largest absolute Gasteiger partial charge is 0.308 e. The number of allylic oxidation sites excluding steroid dienone is 2.